The monoisotopic (exact) mass is 251 g/mol. The number of carboxylic acid groups (broad SMARTS) is 1. The molecular formula is C14H21NO3. The van der Waals surface area contributed by atoms with Gasteiger partial charge in [0.05, 0.1) is 0 Å². The molecule has 0 saturated carbocycles. The summed E-state index contributed by atoms with van der Waals surface area (Å²) in [7, 11) is 0. The third-order valence-electron chi connectivity index (χ3n) is 2.90. The number of hydrogen-bond acceptors (Lipinski definition) is 3. The van der Waals surface area contributed by atoms with Crippen LogP contribution >= 0.6 is 0 Å². The van der Waals surface area contributed by atoms with Gasteiger partial charge in [0.15, 0.2) is 0 Å². The van der Waals surface area contributed by atoms with Crippen LogP contribution < -0.4 is 10.5 Å². The van der Waals surface area contributed by atoms with Crippen molar-refractivity contribution in [2.45, 2.75) is 45.8 Å². The van der Waals surface area contributed by atoms with Crippen molar-refractivity contribution < 1.29 is 14.6 Å². The van der Waals surface area contributed by atoms with Crippen LogP contribution in [0.5, 0.6) is 5.75 Å². The van der Waals surface area contributed by atoms with Crippen LogP contribution in [0.25, 0.3) is 0 Å². The lowest BCUT2D eigenvalue weighted by atomic mass is 9.99. The zero-order valence-corrected chi connectivity index (χ0v) is 11.4. The Morgan fingerprint density at radius 3 is 2.50 bits per heavy atom. The van der Waals surface area contributed by atoms with E-state index in [0.29, 0.717) is 0 Å². The number of aryl methyl sites for hydroxylation is 2. The third-order valence-corrected chi connectivity index (χ3v) is 2.90. The maximum atomic E-state index is 10.7. The number of hydrogen-bond donors (Lipinski definition) is 2. The van der Waals surface area contributed by atoms with Crippen molar-refractivity contribution >= 4 is 5.97 Å². The average Bonchev–Trinajstić information content (AvgIpc) is 2.22. The highest BCUT2D eigenvalue weighted by molar-refractivity contribution is 5.73. The number of carbonyl (C=O) groups is 1. The fourth-order valence-corrected chi connectivity index (χ4v) is 1.76. The number of aliphatic carboxylic acids is 1. The molecule has 0 fully saturated rings. The van der Waals surface area contributed by atoms with E-state index in [9.17, 15) is 4.79 Å². The van der Waals surface area contributed by atoms with Gasteiger partial charge in [-0.25, -0.2) is 0 Å². The van der Waals surface area contributed by atoms with Gasteiger partial charge in [0, 0.05) is 6.42 Å². The van der Waals surface area contributed by atoms with Crippen molar-refractivity contribution in [1.82, 2.24) is 0 Å². The summed E-state index contributed by atoms with van der Waals surface area (Å²) in [6.07, 6.45) is 0.259. The van der Waals surface area contributed by atoms with E-state index < -0.39 is 17.6 Å². The third kappa shape index (κ3) is 4.04. The molecule has 0 heterocycles. The molecule has 0 saturated heterocycles. The molecule has 4 heteroatoms. The lowest BCUT2D eigenvalue weighted by molar-refractivity contribution is -0.139. The Kier molecular flexibility index (Phi) is 4.35. The standard InChI is InChI=1S/C14H21NO3/c1-9-5-6-11(7-10(9)2)18-14(3,4)8-12(15)13(16)17/h5-7,12H,8,15H2,1-4H3,(H,16,17). The van der Waals surface area contributed by atoms with Crippen LogP contribution in [0.1, 0.15) is 31.4 Å². The highest BCUT2D eigenvalue weighted by Crippen LogP contribution is 2.24. The van der Waals surface area contributed by atoms with Crippen LogP contribution in [0, 0.1) is 13.8 Å². The van der Waals surface area contributed by atoms with E-state index in [0.717, 1.165) is 11.3 Å². The molecule has 18 heavy (non-hydrogen) atoms. The molecule has 4 nitrogen and oxygen atoms in total. The summed E-state index contributed by atoms with van der Waals surface area (Å²) in [6, 6.07) is 4.91. The van der Waals surface area contributed by atoms with Crippen LogP contribution in [0.4, 0.5) is 0 Å². The molecule has 1 aromatic carbocycles. The first-order chi connectivity index (χ1) is 8.21. The van der Waals surface area contributed by atoms with E-state index in [4.69, 9.17) is 15.6 Å². The summed E-state index contributed by atoms with van der Waals surface area (Å²) in [5.74, 6) is -0.271. The van der Waals surface area contributed by atoms with Gasteiger partial charge in [-0.15, -0.1) is 0 Å². The Morgan fingerprint density at radius 2 is 2.00 bits per heavy atom. The molecule has 0 radical (unpaired) electrons. The van der Waals surface area contributed by atoms with E-state index in [1.807, 2.05) is 45.9 Å². The zero-order chi connectivity index (χ0) is 13.9. The SMILES string of the molecule is Cc1ccc(OC(C)(C)CC(N)C(=O)O)cc1C. The van der Waals surface area contributed by atoms with Gasteiger partial charge in [-0.3, -0.25) is 4.79 Å². The maximum absolute atomic E-state index is 10.7. The highest BCUT2D eigenvalue weighted by atomic mass is 16.5. The molecule has 100 valence electrons. The summed E-state index contributed by atoms with van der Waals surface area (Å²) in [5.41, 5.74) is 7.26. The normalized spacial score (nSPS) is 13.2. The molecule has 0 aliphatic heterocycles. The molecule has 0 spiro atoms. The van der Waals surface area contributed by atoms with Gasteiger partial charge in [-0.1, -0.05) is 6.07 Å². The Morgan fingerprint density at radius 1 is 1.39 bits per heavy atom. The smallest absolute Gasteiger partial charge is 0.320 e. The van der Waals surface area contributed by atoms with Crippen LogP contribution in [-0.2, 0) is 4.79 Å². The summed E-state index contributed by atoms with van der Waals surface area (Å²) in [4.78, 5) is 10.7. The van der Waals surface area contributed by atoms with E-state index in [1.54, 1.807) is 0 Å². The van der Waals surface area contributed by atoms with Crippen molar-refractivity contribution in [2.24, 2.45) is 5.73 Å². The molecule has 0 aromatic heterocycles. The number of benzene rings is 1. The fourth-order valence-electron chi connectivity index (χ4n) is 1.76. The molecule has 0 aliphatic carbocycles. The summed E-state index contributed by atoms with van der Waals surface area (Å²) >= 11 is 0. The molecule has 1 rings (SSSR count). The van der Waals surface area contributed by atoms with Crippen molar-refractivity contribution in [1.29, 1.82) is 0 Å². The Bertz CT molecular complexity index is 441. The van der Waals surface area contributed by atoms with Crippen molar-refractivity contribution in [3.8, 4) is 5.75 Å². The molecular weight excluding hydrogens is 230 g/mol. The predicted molar refractivity (Wildman–Crippen MR) is 70.9 cm³/mol. The summed E-state index contributed by atoms with van der Waals surface area (Å²) < 4.78 is 5.82. The van der Waals surface area contributed by atoms with Crippen molar-refractivity contribution in [3.63, 3.8) is 0 Å². The molecule has 1 unspecified atom stereocenters. The van der Waals surface area contributed by atoms with Crippen LogP contribution in [-0.4, -0.2) is 22.7 Å². The summed E-state index contributed by atoms with van der Waals surface area (Å²) in [5, 5.41) is 8.81. The van der Waals surface area contributed by atoms with E-state index in [1.165, 1.54) is 5.56 Å². The minimum absolute atomic E-state index is 0.259. The molecule has 0 bridgehead atoms. The predicted octanol–water partition coefficient (Wildman–Crippen LogP) is 2.26. The Balaban J connectivity index is 2.75. The average molecular weight is 251 g/mol. The molecule has 1 atom stereocenters. The summed E-state index contributed by atoms with van der Waals surface area (Å²) in [6.45, 7) is 7.72. The van der Waals surface area contributed by atoms with Gasteiger partial charge in [0.2, 0.25) is 0 Å². The van der Waals surface area contributed by atoms with E-state index in [2.05, 4.69) is 0 Å². The quantitative estimate of drug-likeness (QED) is 0.842. The van der Waals surface area contributed by atoms with Gasteiger partial charge >= 0.3 is 5.97 Å². The number of nitrogens with two attached hydrogens (primary N) is 1. The van der Waals surface area contributed by atoms with Gasteiger partial charge in [-0.2, -0.15) is 0 Å². The number of ether oxygens (including phenoxy) is 1. The first-order valence-corrected chi connectivity index (χ1v) is 5.96. The highest BCUT2D eigenvalue weighted by Gasteiger charge is 2.27. The molecule has 1 aromatic rings. The molecule has 0 aliphatic rings. The van der Waals surface area contributed by atoms with Crippen molar-refractivity contribution in [3.05, 3.63) is 29.3 Å². The zero-order valence-electron chi connectivity index (χ0n) is 11.4. The van der Waals surface area contributed by atoms with Gasteiger partial charge < -0.3 is 15.6 Å². The Hall–Kier alpha value is -1.55. The Labute approximate surface area is 108 Å². The first-order valence-electron chi connectivity index (χ1n) is 5.96. The molecule has 3 N–H and O–H groups in total. The van der Waals surface area contributed by atoms with E-state index >= 15 is 0 Å². The van der Waals surface area contributed by atoms with Gasteiger partial charge in [-0.05, 0) is 51.0 Å². The topological polar surface area (TPSA) is 72.5 Å². The van der Waals surface area contributed by atoms with Crippen LogP contribution in [0.15, 0.2) is 18.2 Å². The van der Waals surface area contributed by atoms with Gasteiger partial charge in [0.1, 0.15) is 17.4 Å². The lowest BCUT2D eigenvalue weighted by Gasteiger charge is -2.28. The largest absolute Gasteiger partial charge is 0.488 e. The van der Waals surface area contributed by atoms with E-state index in [-0.39, 0.29) is 6.42 Å². The van der Waals surface area contributed by atoms with Crippen LogP contribution in [0.2, 0.25) is 0 Å². The number of rotatable bonds is 5. The number of carboxylic acids is 1. The first kappa shape index (κ1) is 14.5. The fraction of sp³-hybridized carbons (Fsp3) is 0.500. The van der Waals surface area contributed by atoms with Gasteiger partial charge in [0.25, 0.3) is 0 Å². The second kappa shape index (κ2) is 5.40. The second-order valence-corrected chi connectivity index (χ2v) is 5.26. The lowest BCUT2D eigenvalue weighted by Crippen LogP contribution is -2.41. The molecule has 0 amide bonds. The minimum Gasteiger partial charge on any atom is -0.488 e. The minimum atomic E-state index is -1.01. The second-order valence-electron chi connectivity index (χ2n) is 5.26. The van der Waals surface area contributed by atoms with Crippen molar-refractivity contribution in [2.75, 3.05) is 0 Å². The maximum Gasteiger partial charge on any atom is 0.320 e. The van der Waals surface area contributed by atoms with Crippen LogP contribution in [0.3, 0.4) is 0 Å².